The van der Waals surface area contributed by atoms with Crippen LogP contribution in [-0.2, 0) is 11.3 Å². The first-order valence-corrected chi connectivity index (χ1v) is 6.43. The van der Waals surface area contributed by atoms with Gasteiger partial charge in [-0.15, -0.1) is 0 Å². The number of rotatable bonds is 3. The Morgan fingerprint density at radius 2 is 2.42 bits per heavy atom. The molecule has 19 heavy (non-hydrogen) atoms. The number of thiol groups is 1. The number of likely N-dealkylation sites (tertiary alicyclic amines) is 1. The van der Waals surface area contributed by atoms with Crippen molar-refractivity contribution in [2.75, 3.05) is 6.54 Å². The van der Waals surface area contributed by atoms with Gasteiger partial charge in [-0.25, -0.2) is 0 Å². The molecule has 3 rings (SSSR count). The summed E-state index contributed by atoms with van der Waals surface area (Å²) >= 11 is 4.30. The van der Waals surface area contributed by atoms with Crippen molar-refractivity contribution in [1.82, 2.24) is 20.0 Å². The van der Waals surface area contributed by atoms with Gasteiger partial charge in [-0.2, -0.15) is 17.6 Å². The van der Waals surface area contributed by atoms with Crippen LogP contribution in [0.15, 0.2) is 29.0 Å². The molecule has 0 aromatic carbocycles. The normalized spacial score (nSPS) is 19.1. The number of pyridine rings is 1. The Kier molecular flexibility index (Phi) is 3.20. The van der Waals surface area contributed by atoms with Crippen molar-refractivity contribution in [3.8, 4) is 11.4 Å². The minimum Gasteiger partial charge on any atom is -0.337 e. The van der Waals surface area contributed by atoms with Crippen LogP contribution in [0.1, 0.15) is 12.3 Å². The lowest BCUT2D eigenvalue weighted by molar-refractivity contribution is -0.128. The van der Waals surface area contributed by atoms with Gasteiger partial charge in [0.05, 0.1) is 0 Å². The van der Waals surface area contributed by atoms with E-state index >= 15 is 0 Å². The van der Waals surface area contributed by atoms with Gasteiger partial charge in [0.25, 0.3) is 0 Å². The molecule has 0 spiro atoms. The van der Waals surface area contributed by atoms with Crippen LogP contribution in [0.5, 0.6) is 0 Å². The van der Waals surface area contributed by atoms with Gasteiger partial charge in [-0.05, 0) is 12.1 Å². The summed E-state index contributed by atoms with van der Waals surface area (Å²) in [4.78, 5) is 21.6. The van der Waals surface area contributed by atoms with Crippen LogP contribution in [0, 0.1) is 0 Å². The van der Waals surface area contributed by atoms with Crippen molar-refractivity contribution < 1.29 is 9.32 Å². The monoisotopic (exact) mass is 276 g/mol. The summed E-state index contributed by atoms with van der Waals surface area (Å²) in [5.41, 5.74) is 0.789. The summed E-state index contributed by atoms with van der Waals surface area (Å²) in [6, 6.07) is 3.66. The van der Waals surface area contributed by atoms with E-state index in [1.54, 1.807) is 23.4 Å². The molecule has 7 heteroatoms. The van der Waals surface area contributed by atoms with Crippen molar-refractivity contribution in [2.24, 2.45) is 0 Å². The molecule has 0 radical (unpaired) electrons. The highest BCUT2D eigenvalue weighted by molar-refractivity contribution is 7.81. The third kappa shape index (κ3) is 2.60. The molecule has 3 heterocycles. The van der Waals surface area contributed by atoms with E-state index in [0.717, 1.165) is 5.56 Å². The molecule has 0 aliphatic carbocycles. The van der Waals surface area contributed by atoms with Crippen molar-refractivity contribution in [3.05, 3.63) is 30.4 Å². The number of nitrogens with zero attached hydrogens (tertiary/aromatic N) is 4. The standard InChI is InChI=1S/C12H12N4O2S/c17-11-4-9(19)6-16(11)7-10-14-12(15-18-10)8-2-1-3-13-5-8/h1-3,5,9,19H,4,6-7H2. The average Bonchev–Trinajstić information content (AvgIpc) is 2.99. The Bertz CT molecular complexity index is 586. The largest absolute Gasteiger partial charge is 0.337 e. The maximum absolute atomic E-state index is 11.6. The number of hydrogen-bond donors (Lipinski definition) is 1. The fraction of sp³-hybridized carbons (Fsp3) is 0.333. The number of amides is 1. The summed E-state index contributed by atoms with van der Waals surface area (Å²) in [6.07, 6.45) is 3.81. The summed E-state index contributed by atoms with van der Waals surface area (Å²) in [7, 11) is 0. The number of carbonyl (C=O) groups is 1. The lowest BCUT2D eigenvalue weighted by Gasteiger charge is -2.12. The number of hydrogen-bond acceptors (Lipinski definition) is 6. The third-order valence-electron chi connectivity index (χ3n) is 2.91. The van der Waals surface area contributed by atoms with Gasteiger partial charge in [-0.1, -0.05) is 5.16 Å². The lowest BCUT2D eigenvalue weighted by Crippen LogP contribution is -2.24. The van der Waals surface area contributed by atoms with Crippen LogP contribution < -0.4 is 0 Å². The second kappa shape index (κ2) is 5.00. The van der Waals surface area contributed by atoms with Crippen molar-refractivity contribution >= 4 is 18.5 Å². The fourth-order valence-electron chi connectivity index (χ4n) is 2.00. The average molecular weight is 276 g/mol. The van der Waals surface area contributed by atoms with Gasteiger partial charge in [0.15, 0.2) is 0 Å². The fourth-order valence-corrected chi connectivity index (χ4v) is 2.35. The van der Waals surface area contributed by atoms with Crippen LogP contribution in [0.2, 0.25) is 0 Å². The molecule has 1 amide bonds. The molecule has 98 valence electrons. The van der Waals surface area contributed by atoms with Crippen LogP contribution in [0.4, 0.5) is 0 Å². The molecular weight excluding hydrogens is 264 g/mol. The predicted molar refractivity (Wildman–Crippen MR) is 70.3 cm³/mol. The molecule has 0 bridgehead atoms. The van der Waals surface area contributed by atoms with E-state index in [1.807, 2.05) is 6.07 Å². The lowest BCUT2D eigenvalue weighted by atomic mass is 10.3. The second-order valence-corrected chi connectivity index (χ2v) is 5.12. The van der Waals surface area contributed by atoms with E-state index < -0.39 is 0 Å². The molecule has 0 saturated carbocycles. The predicted octanol–water partition coefficient (Wildman–Crippen LogP) is 1.16. The molecule has 6 nitrogen and oxygen atoms in total. The smallest absolute Gasteiger partial charge is 0.246 e. The van der Waals surface area contributed by atoms with E-state index in [2.05, 4.69) is 27.8 Å². The van der Waals surface area contributed by atoms with Crippen molar-refractivity contribution in [2.45, 2.75) is 18.2 Å². The Morgan fingerprint density at radius 1 is 1.53 bits per heavy atom. The number of carbonyl (C=O) groups excluding carboxylic acids is 1. The number of aromatic nitrogens is 3. The maximum Gasteiger partial charge on any atom is 0.246 e. The Morgan fingerprint density at radius 3 is 3.11 bits per heavy atom. The molecule has 1 atom stereocenters. The molecule has 1 aliphatic rings. The molecule has 1 aliphatic heterocycles. The van der Waals surface area contributed by atoms with Crippen molar-refractivity contribution in [1.29, 1.82) is 0 Å². The molecular formula is C12H12N4O2S. The Labute approximate surface area is 115 Å². The summed E-state index contributed by atoms with van der Waals surface area (Å²) in [5.74, 6) is 0.980. The van der Waals surface area contributed by atoms with E-state index in [1.165, 1.54) is 0 Å². The Balaban J connectivity index is 1.74. The first-order chi connectivity index (χ1) is 9.22. The zero-order valence-corrected chi connectivity index (χ0v) is 11.0. The summed E-state index contributed by atoms with van der Waals surface area (Å²) < 4.78 is 5.16. The van der Waals surface area contributed by atoms with Gasteiger partial charge < -0.3 is 9.42 Å². The quantitative estimate of drug-likeness (QED) is 0.852. The van der Waals surface area contributed by atoms with Gasteiger partial charge in [0.2, 0.25) is 17.6 Å². The highest BCUT2D eigenvalue weighted by Gasteiger charge is 2.28. The first-order valence-electron chi connectivity index (χ1n) is 5.91. The van der Waals surface area contributed by atoms with Crippen molar-refractivity contribution in [3.63, 3.8) is 0 Å². The van der Waals surface area contributed by atoms with Gasteiger partial charge in [0, 0.05) is 36.2 Å². The first kappa shape index (κ1) is 12.2. The third-order valence-corrected chi connectivity index (χ3v) is 3.25. The van der Waals surface area contributed by atoms with E-state index in [0.29, 0.717) is 31.2 Å². The minimum atomic E-state index is 0.0705. The highest BCUT2D eigenvalue weighted by atomic mass is 32.1. The molecule has 2 aromatic rings. The van der Waals surface area contributed by atoms with E-state index in [-0.39, 0.29) is 11.2 Å². The summed E-state index contributed by atoms with van der Waals surface area (Å²) in [6.45, 7) is 0.954. The van der Waals surface area contributed by atoms with Gasteiger partial charge >= 0.3 is 0 Å². The van der Waals surface area contributed by atoms with Crippen LogP contribution in [0.3, 0.4) is 0 Å². The van der Waals surface area contributed by atoms with Gasteiger partial charge in [-0.3, -0.25) is 9.78 Å². The molecule has 1 saturated heterocycles. The van der Waals surface area contributed by atoms with Gasteiger partial charge in [0.1, 0.15) is 6.54 Å². The topological polar surface area (TPSA) is 72.1 Å². The van der Waals surface area contributed by atoms with Crippen LogP contribution in [0.25, 0.3) is 11.4 Å². The summed E-state index contributed by atoms with van der Waals surface area (Å²) in [5, 5.41) is 3.98. The highest BCUT2D eigenvalue weighted by Crippen LogP contribution is 2.19. The maximum atomic E-state index is 11.6. The molecule has 1 unspecified atom stereocenters. The van der Waals surface area contributed by atoms with Crippen LogP contribution in [-0.4, -0.2) is 37.7 Å². The molecule has 1 fully saturated rings. The molecule has 0 N–H and O–H groups in total. The van der Waals surface area contributed by atoms with Crippen LogP contribution >= 0.6 is 12.6 Å². The zero-order valence-electron chi connectivity index (χ0n) is 10.1. The second-order valence-electron chi connectivity index (χ2n) is 4.39. The van der Waals surface area contributed by atoms with E-state index in [9.17, 15) is 4.79 Å². The molecule has 2 aromatic heterocycles. The van der Waals surface area contributed by atoms with E-state index in [4.69, 9.17) is 4.52 Å². The Hall–Kier alpha value is -1.89. The SMILES string of the molecule is O=C1CC(S)CN1Cc1nc(-c2cccnc2)no1. The minimum absolute atomic E-state index is 0.0705. The zero-order chi connectivity index (χ0) is 13.2.